The van der Waals surface area contributed by atoms with Gasteiger partial charge in [0.05, 0.1) is 22.5 Å². The van der Waals surface area contributed by atoms with Crippen molar-refractivity contribution in [3.63, 3.8) is 0 Å². The molecule has 32 heavy (non-hydrogen) atoms. The lowest BCUT2D eigenvalue weighted by molar-refractivity contribution is 0.0599. The molecule has 0 spiro atoms. The normalized spacial score (nSPS) is 15.8. The van der Waals surface area contributed by atoms with Gasteiger partial charge in [-0.2, -0.15) is 0 Å². The van der Waals surface area contributed by atoms with Crippen molar-refractivity contribution in [2.45, 2.75) is 54.7 Å². The van der Waals surface area contributed by atoms with E-state index in [0.29, 0.717) is 27.7 Å². The quantitative estimate of drug-likeness (QED) is 0.492. The molecule has 0 saturated carbocycles. The molecule has 1 aliphatic rings. The minimum atomic E-state index is -3.55. The number of rotatable bonds is 6. The molecule has 4 rings (SSSR count). The fraction of sp³-hybridized carbons (Fsp3) is 0.308. The summed E-state index contributed by atoms with van der Waals surface area (Å²) in [6, 6.07) is 14.3. The van der Waals surface area contributed by atoms with Crippen LogP contribution in [0.5, 0.6) is 0 Å². The first kappa shape index (κ1) is 22.2. The lowest BCUT2D eigenvalue weighted by atomic mass is 9.80. The van der Waals surface area contributed by atoms with Crippen molar-refractivity contribution < 1.29 is 17.9 Å². The number of hydrogen-bond donors (Lipinski definition) is 0. The number of carbonyl (C=O) groups excluding carboxylic acids is 1. The third kappa shape index (κ3) is 4.46. The third-order valence-electron chi connectivity index (χ3n) is 6.23. The van der Waals surface area contributed by atoms with Gasteiger partial charge in [-0.1, -0.05) is 18.2 Å². The van der Waals surface area contributed by atoms with Crippen molar-refractivity contribution in [2.24, 2.45) is 0 Å². The van der Waals surface area contributed by atoms with Crippen molar-refractivity contribution in [1.29, 1.82) is 0 Å². The Bertz CT molecular complexity index is 1250. The second-order valence-electron chi connectivity index (χ2n) is 8.33. The van der Waals surface area contributed by atoms with Gasteiger partial charge in [0.25, 0.3) is 0 Å². The number of aromatic nitrogens is 1. The second-order valence-corrected chi connectivity index (χ2v) is 10.3. The van der Waals surface area contributed by atoms with Gasteiger partial charge in [-0.25, -0.2) is 13.2 Å². The standard InChI is InChI=1S/C26H27NO4S/c1-18-5-3-8-22(15-18)32(29,30)23-11-12-24-19(6-4-7-20(24)16-23)9-10-21-17-27-14-13-25(21)26(28)31-2/h3,5,8,11-17,19H,4,6-7,9-10H2,1-2H3/t19-/m1/s1. The predicted octanol–water partition coefficient (Wildman–Crippen LogP) is 5.06. The molecule has 166 valence electrons. The zero-order chi connectivity index (χ0) is 22.7. The molecule has 1 atom stereocenters. The van der Waals surface area contributed by atoms with E-state index >= 15 is 0 Å². The van der Waals surface area contributed by atoms with Crippen LogP contribution >= 0.6 is 0 Å². The number of sulfone groups is 1. The zero-order valence-corrected chi connectivity index (χ0v) is 19.2. The van der Waals surface area contributed by atoms with Gasteiger partial charge in [0.2, 0.25) is 9.84 Å². The average Bonchev–Trinajstić information content (AvgIpc) is 2.82. The highest BCUT2D eigenvalue weighted by atomic mass is 32.2. The van der Waals surface area contributed by atoms with Crippen LogP contribution in [0, 0.1) is 6.92 Å². The van der Waals surface area contributed by atoms with Gasteiger partial charge >= 0.3 is 5.97 Å². The van der Waals surface area contributed by atoms with Crippen LogP contribution in [0.4, 0.5) is 0 Å². The summed E-state index contributed by atoms with van der Waals surface area (Å²) in [4.78, 5) is 16.9. The molecule has 0 bridgehead atoms. The number of esters is 1. The van der Waals surface area contributed by atoms with Gasteiger partial charge in [0, 0.05) is 12.4 Å². The maximum Gasteiger partial charge on any atom is 0.338 e. The molecular weight excluding hydrogens is 422 g/mol. The summed E-state index contributed by atoms with van der Waals surface area (Å²) in [6.07, 6.45) is 7.85. The molecular formula is C26H27NO4S. The first-order valence-corrected chi connectivity index (χ1v) is 12.3. The van der Waals surface area contributed by atoms with E-state index in [1.54, 1.807) is 42.7 Å². The van der Waals surface area contributed by atoms with E-state index in [1.165, 1.54) is 12.7 Å². The number of aryl methyl sites for hydroxylation is 3. The van der Waals surface area contributed by atoms with Crippen LogP contribution in [0.1, 0.15) is 57.8 Å². The summed E-state index contributed by atoms with van der Waals surface area (Å²) in [5, 5.41) is 0. The van der Waals surface area contributed by atoms with Gasteiger partial charge in [-0.05, 0) is 97.5 Å². The summed E-state index contributed by atoms with van der Waals surface area (Å²) in [5.74, 6) is -0.0300. The minimum Gasteiger partial charge on any atom is -0.465 e. The molecule has 1 aromatic heterocycles. The summed E-state index contributed by atoms with van der Waals surface area (Å²) in [7, 11) is -2.16. The Hall–Kier alpha value is -2.99. The predicted molar refractivity (Wildman–Crippen MR) is 123 cm³/mol. The van der Waals surface area contributed by atoms with E-state index in [1.807, 2.05) is 25.1 Å². The van der Waals surface area contributed by atoms with Gasteiger partial charge in [-0.15, -0.1) is 0 Å². The van der Waals surface area contributed by atoms with Crippen molar-refractivity contribution in [3.8, 4) is 0 Å². The summed E-state index contributed by atoms with van der Waals surface area (Å²) in [6.45, 7) is 1.89. The van der Waals surface area contributed by atoms with E-state index < -0.39 is 9.84 Å². The molecule has 6 heteroatoms. The fourth-order valence-corrected chi connectivity index (χ4v) is 5.96. The van der Waals surface area contributed by atoms with Crippen LogP contribution < -0.4 is 0 Å². The summed E-state index contributed by atoms with van der Waals surface area (Å²) in [5.41, 5.74) is 4.67. The first-order chi connectivity index (χ1) is 15.4. The van der Waals surface area contributed by atoms with Gasteiger partial charge in [0.1, 0.15) is 0 Å². The van der Waals surface area contributed by atoms with Crippen LogP contribution in [0.15, 0.2) is 70.7 Å². The zero-order valence-electron chi connectivity index (χ0n) is 18.4. The third-order valence-corrected chi connectivity index (χ3v) is 7.98. The number of benzene rings is 2. The Balaban J connectivity index is 1.58. The summed E-state index contributed by atoms with van der Waals surface area (Å²) >= 11 is 0. The molecule has 3 aromatic rings. The number of fused-ring (bicyclic) bond motifs is 1. The Labute approximate surface area is 189 Å². The Morgan fingerprint density at radius 2 is 1.94 bits per heavy atom. The number of methoxy groups -OCH3 is 1. The highest BCUT2D eigenvalue weighted by Crippen LogP contribution is 2.37. The van der Waals surface area contributed by atoms with Crippen LogP contribution in [-0.2, 0) is 27.4 Å². The monoisotopic (exact) mass is 449 g/mol. The maximum atomic E-state index is 13.1. The van der Waals surface area contributed by atoms with Crippen LogP contribution in [0.2, 0.25) is 0 Å². The van der Waals surface area contributed by atoms with E-state index in [4.69, 9.17) is 4.74 Å². The van der Waals surface area contributed by atoms with Crippen molar-refractivity contribution in [3.05, 3.63) is 88.7 Å². The summed E-state index contributed by atoms with van der Waals surface area (Å²) < 4.78 is 31.2. The molecule has 0 aliphatic heterocycles. The Morgan fingerprint density at radius 1 is 1.12 bits per heavy atom. The topological polar surface area (TPSA) is 73.3 Å². The number of nitrogens with zero attached hydrogens (tertiary/aromatic N) is 1. The smallest absolute Gasteiger partial charge is 0.338 e. The fourth-order valence-electron chi connectivity index (χ4n) is 4.54. The molecule has 5 nitrogen and oxygen atoms in total. The van der Waals surface area contributed by atoms with Crippen LogP contribution in [0.3, 0.4) is 0 Å². The number of ether oxygens (including phenoxy) is 1. The SMILES string of the molecule is COC(=O)c1ccncc1CC[C@H]1CCCc2cc(S(=O)(=O)c3cccc(C)c3)ccc21. The number of carbonyl (C=O) groups is 1. The molecule has 0 radical (unpaired) electrons. The van der Waals surface area contributed by atoms with Crippen molar-refractivity contribution >= 4 is 15.8 Å². The van der Waals surface area contributed by atoms with Crippen LogP contribution in [-0.4, -0.2) is 26.5 Å². The molecule has 0 amide bonds. The highest BCUT2D eigenvalue weighted by molar-refractivity contribution is 7.91. The molecule has 1 aliphatic carbocycles. The minimum absolute atomic E-state index is 0.320. The lowest BCUT2D eigenvalue weighted by Gasteiger charge is -2.26. The Kier molecular flexibility index (Phi) is 6.42. The molecule has 1 heterocycles. The second kappa shape index (κ2) is 9.25. The highest BCUT2D eigenvalue weighted by Gasteiger charge is 2.25. The van der Waals surface area contributed by atoms with E-state index in [9.17, 15) is 13.2 Å². The van der Waals surface area contributed by atoms with E-state index in [0.717, 1.165) is 42.4 Å². The molecule has 0 N–H and O–H groups in total. The van der Waals surface area contributed by atoms with Crippen LogP contribution in [0.25, 0.3) is 0 Å². The average molecular weight is 450 g/mol. The molecule has 0 saturated heterocycles. The van der Waals surface area contributed by atoms with E-state index in [-0.39, 0.29) is 5.97 Å². The van der Waals surface area contributed by atoms with Gasteiger partial charge in [-0.3, -0.25) is 4.98 Å². The Morgan fingerprint density at radius 3 is 2.72 bits per heavy atom. The molecule has 0 unspecified atom stereocenters. The van der Waals surface area contributed by atoms with Gasteiger partial charge < -0.3 is 4.74 Å². The number of hydrogen-bond acceptors (Lipinski definition) is 5. The maximum absolute atomic E-state index is 13.1. The van der Waals surface area contributed by atoms with Gasteiger partial charge in [0.15, 0.2) is 0 Å². The van der Waals surface area contributed by atoms with Crippen molar-refractivity contribution in [2.75, 3.05) is 7.11 Å². The largest absolute Gasteiger partial charge is 0.465 e. The number of pyridine rings is 1. The first-order valence-electron chi connectivity index (χ1n) is 10.9. The molecule has 0 fully saturated rings. The lowest BCUT2D eigenvalue weighted by Crippen LogP contribution is -2.13. The van der Waals surface area contributed by atoms with E-state index in [2.05, 4.69) is 4.98 Å². The molecule has 2 aromatic carbocycles. The van der Waals surface area contributed by atoms with Crippen molar-refractivity contribution in [1.82, 2.24) is 4.98 Å².